The highest BCUT2D eigenvalue weighted by Crippen LogP contribution is 2.41. The van der Waals surface area contributed by atoms with Gasteiger partial charge in [-0.05, 0) is 114 Å². The number of nitrogens with two attached hydrogens (primary N) is 1. The normalized spacial score (nSPS) is 23.2. The number of guanidine groups is 1. The fraction of sp³-hybridized carbons (Fsp3) is 0.971. The van der Waals surface area contributed by atoms with Gasteiger partial charge in [0.05, 0.1) is 17.7 Å². The molecular formula is C35H72N6O2. The largest absolute Gasteiger partial charge is 0.370 e. The first-order valence-corrected chi connectivity index (χ1v) is 17.6. The minimum Gasteiger partial charge on any atom is -0.370 e. The Kier molecular flexibility index (Phi) is 14.7. The number of aliphatic imine (C=N–C) groups is 1. The summed E-state index contributed by atoms with van der Waals surface area (Å²) in [5.74, 6) is 0.649. The predicted molar refractivity (Wildman–Crippen MR) is 183 cm³/mol. The van der Waals surface area contributed by atoms with Crippen LogP contribution in [0.4, 0.5) is 0 Å². The van der Waals surface area contributed by atoms with Crippen molar-refractivity contribution in [1.82, 2.24) is 20.3 Å². The number of likely N-dealkylation sites (N-methyl/N-ethyl adjacent to an activating group) is 1. The monoisotopic (exact) mass is 609 g/mol. The highest BCUT2D eigenvalue weighted by molar-refractivity contribution is 5.78. The number of rotatable bonds is 11. The summed E-state index contributed by atoms with van der Waals surface area (Å²) < 4.78 is 0. The van der Waals surface area contributed by atoms with Crippen LogP contribution in [-0.4, -0.2) is 88.6 Å². The van der Waals surface area contributed by atoms with Gasteiger partial charge < -0.3 is 16.0 Å². The first-order valence-electron chi connectivity index (χ1n) is 17.6. The Morgan fingerprint density at radius 2 is 1.35 bits per heavy atom. The van der Waals surface area contributed by atoms with Crippen LogP contribution in [0.3, 0.4) is 0 Å². The van der Waals surface area contributed by atoms with E-state index in [9.17, 15) is 0 Å². The van der Waals surface area contributed by atoms with Crippen molar-refractivity contribution in [1.29, 1.82) is 0 Å². The summed E-state index contributed by atoms with van der Waals surface area (Å²) in [5.41, 5.74) is 6.18. The number of hydrogen-bond donors (Lipinski definition) is 2. The van der Waals surface area contributed by atoms with Crippen molar-refractivity contribution < 1.29 is 9.68 Å². The smallest absolute Gasteiger partial charge is 0.191 e. The zero-order chi connectivity index (χ0) is 32.5. The number of hydroxylamine groups is 4. The first kappa shape index (κ1) is 38.3. The maximum absolute atomic E-state index is 6.55. The summed E-state index contributed by atoms with van der Waals surface area (Å²) in [7, 11) is 4.09. The van der Waals surface area contributed by atoms with Crippen LogP contribution < -0.4 is 11.1 Å². The van der Waals surface area contributed by atoms with Crippen molar-refractivity contribution in [2.75, 3.05) is 27.2 Å². The van der Waals surface area contributed by atoms with Crippen molar-refractivity contribution in [2.24, 2.45) is 10.7 Å². The van der Waals surface area contributed by atoms with Crippen LogP contribution in [0.15, 0.2) is 4.99 Å². The fourth-order valence-electron chi connectivity index (χ4n) is 7.62. The molecule has 0 atom stereocenters. The average Bonchev–Trinajstić information content (AvgIpc) is 2.94. The Bertz CT molecular complexity index is 812. The molecule has 3 rings (SSSR count). The topological polar surface area (TPSA) is 78.6 Å². The maximum atomic E-state index is 6.55. The van der Waals surface area contributed by atoms with Gasteiger partial charge >= 0.3 is 0 Å². The molecule has 3 N–H and O–H groups in total. The van der Waals surface area contributed by atoms with Crippen molar-refractivity contribution in [3.63, 3.8) is 0 Å². The molecule has 3 aliphatic rings. The van der Waals surface area contributed by atoms with Gasteiger partial charge in [-0.3, -0.25) is 14.7 Å². The Morgan fingerprint density at radius 1 is 0.860 bits per heavy atom. The summed E-state index contributed by atoms with van der Waals surface area (Å²) in [4.78, 5) is 19.6. The van der Waals surface area contributed by atoms with E-state index < -0.39 is 0 Å². The Balaban J connectivity index is 0.000000309. The van der Waals surface area contributed by atoms with Crippen LogP contribution in [0.1, 0.15) is 153 Å². The van der Waals surface area contributed by atoms with Gasteiger partial charge in [-0.2, -0.15) is 10.1 Å². The second kappa shape index (κ2) is 16.6. The molecule has 0 spiro atoms. The third-order valence-electron chi connectivity index (χ3n) is 9.99. The molecule has 3 fully saturated rings. The van der Waals surface area contributed by atoms with Crippen molar-refractivity contribution in [3.05, 3.63) is 0 Å². The molecule has 43 heavy (non-hydrogen) atoms. The molecular weight excluding hydrogens is 536 g/mol. The molecule has 1 saturated heterocycles. The lowest BCUT2D eigenvalue weighted by atomic mass is 9.78. The zero-order valence-electron chi connectivity index (χ0n) is 30.5. The van der Waals surface area contributed by atoms with Crippen molar-refractivity contribution >= 4 is 5.96 Å². The van der Waals surface area contributed by atoms with Gasteiger partial charge in [-0.1, -0.05) is 45.4 Å². The van der Waals surface area contributed by atoms with Gasteiger partial charge in [0.1, 0.15) is 0 Å². The standard InChI is InChI=1S/C19H38N4O.C16H34N2O/c1-7-21-17(20)22(6)15-13-18(2,3)23(19(4,5)14-15)24-16-11-9-8-10-12-16;1-7-15(2,3)18(16(4,5)13-17-6)19-14-11-9-8-10-12-14/h15-16H,7-14H2,1-6H3,(H2,20,21);14,17H,7-13H2,1-6H3. The van der Waals surface area contributed by atoms with E-state index in [1.807, 2.05) is 14.0 Å². The lowest BCUT2D eigenvalue weighted by molar-refractivity contribution is -0.312. The average molecular weight is 609 g/mol. The van der Waals surface area contributed by atoms with Gasteiger partial charge in [0.25, 0.3) is 0 Å². The number of nitrogens with zero attached hydrogens (tertiary/aromatic N) is 4. The summed E-state index contributed by atoms with van der Waals surface area (Å²) in [5, 5.41) is 7.87. The van der Waals surface area contributed by atoms with Crippen LogP contribution in [0.2, 0.25) is 0 Å². The van der Waals surface area contributed by atoms with Gasteiger partial charge in [-0.25, -0.2) is 0 Å². The van der Waals surface area contributed by atoms with Gasteiger partial charge in [0.2, 0.25) is 0 Å². The minimum atomic E-state index is -0.0232. The molecule has 1 aliphatic heterocycles. The number of piperidine rings is 1. The van der Waals surface area contributed by atoms with E-state index >= 15 is 0 Å². The van der Waals surface area contributed by atoms with E-state index in [0.717, 1.165) is 32.4 Å². The molecule has 0 aromatic carbocycles. The molecule has 2 saturated carbocycles. The van der Waals surface area contributed by atoms with Crippen molar-refractivity contribution in [2.45, 2.75) is 193 Å². The Hall–Kier alpha value is -0.930. The van der Waals surface area contributed by atoms with Crippen LogP contribution in [-0.2, 0) is 9.68 Å². The van der Waals surface area contributed by atoms with Gasteiger partial charge in [-0.15, -0.1) is 0 Å². The lowest BCUT2D eigenvalue weighted by Crippen LogP contribution is -2.65. The second-order valence-electron chi connectivity index (χ2n) is 16.0. The lowest BCUT2D eigenvalue weighted by Gasteiger charge is -2.56. The first-order chi connectivity index (χ1) is 20.0. The van der Waals surface area contributed by atoms with E-state index in [0.29, 0.717) is 24.2 Å². The van der Waals surface area contributed by atoms with E-state index in [2.05, 4.69) is 94.7 Å². The summed E-state index contributed by atoms with van der Waals surface area (Å²) in [6.07, 6.45) is 16.7. The molecule has 8 heteroatoms. The molecule has 0 aromatic heterocycles. The highest BCUT2D eigenvalue weighted by atomic mass is 16.7. The third-order valence-corrected chi connectivity index (χ3v) is 9.99. The predicted octanol–water partition coefficient (Wildman–Crippen LogP) is 7.28. The van der Waals surface area contributed by atoms with E-state index in [1.165, 1.54) is 64.2 Å². The third kappa shape index (κ3) is 11.1. The molecule has 0 aromatic rings. The molecule has 0 unspecified atom stereocenters. The molecule has 0 bridgehead atoms. The van der Waals surface area contributed by atoms with Crippen LogP contribution >= 0.6 is 0 Å². The maximum Gasteiger partial charge on any atom is 0.191 e. The molecule has 2 aliphatic carbocycles. The van der Waals surface area contributed by atoms with Crippen LogP contribution in [0.25, 0.3) is 0 Å². The second-order valence-corrected chi connectivity index (χ2v) is 16.0. The summed E-state index contributed by atoms with van der Waals surface area (Å²) >= 11 is 0. The van der Waals surface area contributed by atoms with E-state index in [4.69, 9.17) is 15.4 Å². The van der Waals surface area contributed by atoms with Crippen LogP contribution in [0, 0.1) is 0 Å². The Morgan fingerprint density at radius 3 is 1.79 bits per heavy atom. The molecule has 1 heterocycles. The quantitative estimate of drug-likeness (QED) is 0.145. The molecule has 0 amide bonds. The van der Waals surface area contributed by atoms with Gasteiger partial charge in [0, 0.05) is 42.8 Å². The van der Waals surface area contributed by atoms with E-state index in [1.54, 1.807) is 0 Å². The van der Waals surface area contributed by atoms with E-state index in [-0.39, 0.29) is 22.2 Å². The summed E-state index contributed by atoms with van der Waals surface area (Å²) in [6.45, 7) is 24.2. The highest BCUT2D eigenvalue weighted by Gasteiger charge is 2.48. The Labute approximate surface area is 266 Å². The number of hydrogen-bond acceptors (Lipinski definition) is 6. The summed E-state index contributed by atoms with van der Waals surface area (Å²) in [6, 6.07) is 0.386. The molecule has 0 radical (unpaired) electrons. The van der Waals surface area contributed by atoms with Crippen molar-refractivity contribution in [3.8, 4) is 0 Å². The molecule has 254 valence electrons. The van der Waals surface area contributed by atoms with Crippen LogP contribution in [0.5, 0.6) is 0 Å². The molecule has 8 nitrogen and oxygen atoms in total. The fourth-order valence-corrected chi connectivity index (χ4v) is 7.62. The SMILES string of the molecule is CCC(C)(C)N(OC1CCCCC1)C(C)(C)CNC.CCN=C(N)N(C)C1CC(C)(C)N(OC2CCCCC2)C(C)(C)C1. The number of nitrogens with one attached hydrogen (secondary N) is 1. The minimum absolute atomic E-state index is 0.00566. The van der Waals surface area contributed by atoms with Gasteiger partial charge in [0.15, 0.2) is 5.96 Å². The zero-order valence-corrected chi connectivity index (χ0v) is 30.5.